The first kappa shape index (κ1) is 13.3. The number of thioether (sulfide) groups is 1. The maximum Gasteiger partial charge on any atom is 0.343 e. The number of hydrogen-bond acceptors (Lipinski definition) is 5. The van der Waals surface area contributed by atoms with Crippen molar-refractivity contribution in [3.05, 3.63) is 10.5 Å². The molecule has 1 rings (SSSR count). The van der Waals surface area contributed by atoms with Crippen LogP contribution in [0.2, 0.25) is 0 Å². The Bertz CT molecular complexity index is 350. The number of nitrogens with one attached hydrogen (secondary N) is 2. The Hall–Kier alpha value is -0.790. The molecule has 2 N–H and O–H groups in total. The van der Waals surface area contributed by atoms with Crippen LogP contribution in [0.1, 0.15) is 6.42 Å². The van der Waals surface area contributed by atoms with Crippen LogP contribution in [-0.4, -0.2) is 47.3 Å². The SMILES string of the molecule is COCCNCCCSc1n[nH]c(=O)n1C. The molecule has 1 aromatic heterocycles. The van der Waals surface area contributed by atoms with Crippen molar-refractivity contribution in [3.63, 3.8) is 0 Å². The first-order valence-corrected chi connectivity index (χ1v) is 6.18. The lowest BCUT2D eigenvalue weighted by molar-refractivity contribution is 0.199. The van der Waals surface area contributed by atoms with Crippen molar-refractivity contribution in [2.75, 3.05) is 32.6 Å². The number of aromatic amines is 1. The number of methoxy groups -OCH3 is 1. The van der Waals surface area contributed by atoms with Gasteiger partial charge in [-0.3, -0.25) is 4.57 Å². The molecule has 0 fully saturated rings. The number of hydrogen-bond donors (Lipinski definition) is 2. The highest BCUT2D eigenvalue weighted by Crippen LogP contribution is 2.12. The van der Waals surface area contributed by atoms with Crippen molar-refractivity contribution < 1.29 is 4.74 Å². The topological polar surface area (TPSA) is 71.9 Å². The molecule has 0 radical (unpaired) electrons. The predicted molar refractivity (Wildman–Crippen MR) is 63.9 cm³/mol. The van der Waals surface area contributed by atoms with Gasteiger partial charge in [-0.05, 0) is 13.0 Å². The molecule has 0 spiro atoms. The van der Waals surface area contributed by atoms with Gasteiger partial charge in [0.2, 0.25) is 0 Å². The molecule has 1 heterocycles. The molecule has 16 heavy (non-hydrogen) atoms. The molecule has 0 aromatic carbocycles. The summed E-state index contributed by atoms with van der Waals surface area (Å²) < 4.78 is 6.43. The van der Waals surface area contributed by atoms with Crippen LogP contribution in [0, 0.1) is 0 Å². The third-order valence-corrected chi connectivity index (χ3v) is 3.17. The second-order valence-electron chi connectivity index (χ2n) is 3.32. The molecular weight excluding hydrogens is 228 g/mol. The van der Waals surface area contributed by atoms with Crippen LogP contribution in [0.3, 0.4) is 0 Å². The van der Waals surface area contributed by atoms with Crippen molar-refractivity contribution in [1.29, 1.82) is 0 Å². The van der Waals surface area contributed by atoms with Crippen molar-refractivity contribution in [1.82, 2.24) is 20.1 Å². The zero-order valence-electron chi connectivity index (χ0n) is 9.65. The number of rotatable bonds is 8. The van der Waals surface area contributed by atoms with Gasteiger partial charge in [-0.1, -0.05) is 11.8 Å². The molecule has 6 nitrogen and oxygen atoms in total. The molecule has 1 aromatic rings. The first-order valence-electron chi connectivity index (χ1n) is 5.19. The van der Waals surface area contributed by atoms with E-state index in [1.807, 2.05) is 0 Å². The zero-order chi connectivity index (χ0) is 11.8. The summed E-state index contributed by atoms with van der Waals surface area (Å²) in [4.78, 5) is 11.1. The molecule has 0 atom stereocenters. The van der Waals surface area contributed by atoms with E-state index < -0.39 is 0 Å². The molecule has 0 aliphatic rings. The van der Waals surface area contributed by atoms with Crippen molar-refractivity contribution >= 4 is 11.8 Å². The van der Waals surface area contributed by atoms with Crippen molar-refractivity contribution in [2.24, 2.45) is 7.05 Å². The van der Waals surface area contributed by atoms with E-state index in [2.05, 4.69) is 15.5 Å². The third-order valence-electron chi connectivity index (χ3n) is 2.05. The first-order chi connectivity index (χ1) is 7.75. The van der Waals surface area contributed by atoms with E-state index >= 15 is 0 Å². The van der Waals surface area contributed by atoms with Gasteiger partial charge in [0.05, 0.1) is 6.61 Å². The minimum atomic E-state index is -0.166. The Kier molecular flexibility index (Phi) is 6.20. The maximum atomic E-state index is 11.1. The number of ether oxygens (including phenoxy) is 1. The van der Waals surface area contributed by atoms with E-state index in [1.54, 1.807) is 25.9 Å². The Labute approximate surface area is 98.8 Å². The number of H-pyrrole nitrogens is 1. The van der Waals surface area contributed by atoms with Gasteiger partial charge in [0, 0.05) is 26.5 Å². The normalized spacial score (nSPS) is 10.9. The summed E-state index contributed by atoms with van der Waals surface area (Å²) in [6.07, 6.45) is 1.04. The quantitative estimate of drug-likeness (QED) is 0.492. The van der Waals surface area contributed by atoms with Crippen LogP contribution in [-0.2, 0) is 11.8 Å². The van der Waals surface area contributed by atoms with Gasteiger partial charge in [0.15, 0.2) is 5.16 Å². The van der Waals surface area contributed by atoms with Crippen LogP contribution < -0.4 is 11.0 Å². The lowest BCUT2D eigenvalue weighted by atomic mass is 10.5. The van der Waals surface area contributed by atoms with E-state index in [4.69, 9.17) is 4.74 Å². The minimum absolute atomic E-state index is 0.166. The standard InChI is InChI=1S/C9H18N4O2S/c1-13-8(14)11-12-9(13)16-7-3-4-10-5-6-15-2/h10H,3-7H2,1-2H3,(H,11,14). The van der Waals surface area contributed by atoms with Gasteiger partial charge in [0.1, 0.15) is 0 Å². The fourth-order valence-electron chi connectivity index (χ4n) is 1.12. The monoisotopic (exact) mass is 246 g/mol. The zero-order valence-corrected chi connectivity index (χ0v) is 10.5. The lowest BCUT2D eigenvalue weighted by Crippen LogP contribution is -2.20. The van der Waals surface area contributed by atoms with E-state index in [9.17, 15) is 4.79 Å². The Balaban J connectivity index is 2.07. The Morgan fingerprint density at radius 3 is 3.00 bits per heavy atom. The van der Waals surface area contributed by atoms with Gasteiger partial charge in [-0.25, -0.2) is 9.89 Å². The van der Waals surface area contributed by atoms with E-state index in [0.717, 1.165) is 37.0 Å². The lowest BCUT2D eigenvalue weighted by Gasteiger charge is -2.03. The highest BCUT2D eigenvalue weighted by atomic mass is 32.2. The fourth-order valence-corrected chi connectivity index (χ4v) is 1.98. The van der Waals surface area contributed by atoms with Gasteiger partial charge in [0.25, 0.3) is 0 Å². The van der Waals surface area contributed by atoms with Crippen LogP contribution in [0.5, 0.6) is 0 Å². The van der Waals surface area contributed by atoms with Crippen LogP contribution >= 0.6 is 11.8 Å². The molecule has 92 valence electrons. The van der Waals surface area contributed by atoms with Crippen LogP contribution in [0.15, 0.2) is 9.95 Å². The largest absolute Gasteiger partial charge is 0.383 e. The highest BCUT2D eigenvalue weighted by Gasteiger charge is 2.03. The predicted octanol–water partition coefficient (Wildman–Crippen LogP) is -0.173. The average Bonchev–Trinajstić information content (AvgIpc) is 2.59. The molecule has 0 saturated heterocycles. The average molecular weight is 246 g/mol. The summed E-state index contributed by atoms with van der Waals surface area (Å²) in [6, 6.07) is 0. The van der Waals surface area contributed by atoms with E-state index in [1.165, 1.54) is 4.57 Å². The smallest absolute Gasteiger partial charge is 0.343 e. The van der Waals surface area contributed by atoms with Gasteiger partial charge < -0.3 is 10.1 Å². The fraction of sp³-hybridized carbons (Fsp3) is 0.778. The summed E-state index contributed by atoms with van der Waals surface area (Å²) in [5.74, 6) is 0.943. The molecule has 0 saturated carbocycles. The molecular formula is C9H18N4O2S. The van der Waals surface area contributed by atoms with Crippen LogP contribution in [0.25, 0.3) is 0 Å². The molecule has 0 unspecified atom stereocenters. The van der Waals surface area contributed by atoms with Gasteiger partial charge in [-0.2, -0.15) is 0 Å². The van der Waals surface area contributed by atoms with Crippen molar-refractivity contribution in [2.45, 2.75) is 11.6 Å². The summed E-state index contributed by atoms with van der Waals surface area (Å²) in [5, 5.41) is 10.3. The second kappa shape index (κ2) is 7.48. The number of aromatic nitrogens is 3. The summed E-state index contributed by atoms with van der Waals surface area (Å²) in [7, 11) is 3.40. The molecule has 7 heteroatoms. The second-order valence-corrected chi connectivity index (χ2v) is 4.38. The molecule has 0 bridgehead atoms. The maximum absolute atomic E-state index is 11.1. The number of nitrogens with zero attached hydrogens (tertiary/aromatic N) is 2. The van der Waals surface area contributed by atoms with E-state index in [-0.39, 0.29) is 5.69 Å². The van der Waals surface area contributed by atoms with Gasteiger partial charge >= 0.3 is 5.69 Å². The summed E-state index contributed by atoms with van der Waals surface area (Å²) >= 11 is 1.58. The Morgan fingerprint density at radius 1 is 1.56 bits per heavy atom. The minimum Gasteiger partial charge on any atom is -0.383 e. The highest BCUT2D eigenvalue weighted by molar-refractivity contribution is 7.99. The van der Waals surface area contributed by atoms with Crippen LogP contribution in [0.4, 0.5) is 0 Å². The summed E-state index contributed by atoms with van der Waals surface area (Å²) in [6.45, 7) is 2.57. The summed E-state index contributed by atoms with van der Waals surface area (Å²) in [5.41, 5.74) is -0.166. The Morgan fingerprint density at radius 2 is 2.38 bits per heavy atom. The van der Waals surface area contributed by atoms with Gasteiger partial charge in [-0.15, -0.1) is 5.10 Å². The van der Waals surface area contributed by atoms with E-state index in [0.29, 0.717) is 0 Å². The van der Waals surface area contributed by atoms with Crippen molar-refractivity contribution in [3.8, 4) is 0 Å². The molecule has 0 aliphatic heterocycles. The molecule has 0 aliphatic carbocycles. The molecule has 0 amide bonds. The third kappa shape index (κ3) is 4.38.